The van der Waals surface area contributed by atoms with Crippen LogP contribution in [-0.2, 0) is 5.60 Å². The summed E-state index contributed by atoms with van der Waals surface area (Å²) in [5.74, 6) is 0.970. The van der Waals surface area contributed by atoms with Gasteiger partial charge in [-0.15, -0.1) is 0 Å². The highest BCUT2D eigenvalue weighted by Gasteiger charge is 2.23. The van der Waals surface area contributed by atoms with Crippen LogP contribution in [-0.4, -0.2) is 21.2 Å². The lowest BCUT2D eigenvalue weighted by atomic mass is 9.95. The molecule has 0 aliphatic rings. The smallest absolute Gasteiger partial charge is 0.110 e. The van der Waals surface area contributed by atoms with E-state index in [0.717, 1.165) is 17.1 Å². The van der Waals surface area contributed by atoms with Crippen LogP contribution in [0.15, 0.2) is 67.0 Å². The number of imidazole rings is 1. The molecule has 3 rings (SSSR count). The van der Waals surface area contributed by atoms with Crippen molar-refractivity contribution in [3.8, 4) is 5.69 Å². The number of aryl methyl sites for hydroxylation is 1. The molecule has 2 N–H and O–H groups in total. The molecule has 3 aromatic rings. The molecule has 2 aromatic carbocycles. The van der Waals surface area contributed by atoms with E-state index < -0.39 is 5.60 Å². The van der Waals surface area contributed by atoms with Gasteiger partial charge in [-0.2, -0.15) is 0 Å². The van der Waals surface area contributed by atoms with E-state index >= 15 is 0 Å². The van der Waals surface area contributed by atoms with Gasteiger partial charge in [0.2, 0.25) is 0 Å². The normalized spacial score (nSPS) is 14.9. The molecule has 2 unspecified atom stereocenters. The van der Waals surface area contributed by atoms with Crippen molar-refractivity contribution in [2.75, 3.05) is 6.54 Å². The molecule has 4 nitrogen and oxygen atoms in total. The van der Waals surface area contributed by atoms with Gasteiger partial charge in [0.15, 0.2) is 0 Å². The first-order valence-electron chi connectivity index (χ1n) is 8.59. The molecule has 0 radical (unpaired) electrons. The molecule has 0 amide bonds. The maximum atomic E-state index is 10.7. The molecule has 0 spiro atoms. The maximum Gasteiger partial charge on any atom is 0.110 e. The third kappa shape index (κ3) is 3.98. The monoisotopic (exact) mass is 335 g/mol. The van der Waals surface area contributed by atoms with Crippen molar-refractivity contribution in [3.05, 3.63) is 83.9 Å². The van der Waals surface area contributed by atoms with Crippen molar-refractivity contribution in [3.63, 3.8) is 0 Å². The summed E-state index contributed by atoms with van der Waals surface area (Å²) in [6, 6.07) is 18.3. The molecular formula is C21H25N3O. The zero-order valence-corrected chi connectivity index (χ0v) is 15.0. The summed E-state index contributed by atoms with van der Waals surface area (Å²) in [7, 11) is 0. The van der Waals surface area contributed by atoms with Gasteiger partial charge in [-0.25, -0.2) is 4.98 Å². The van der Waals surface area contributed by atoms with Crippen molar-refractivity contribution in [1.29, 1.82) is 0 Å². The van der Waals surface area contributed by atoms with E-state index in [2.05, 4.69) is 46.1 Å². The molecule has 1 aromatic heterocycles. The summed E-state index contributed by atoms with van der Waals surface area (Å²) >= 11 is 0. The fraction of sp³-hybridized carbons (Fsp3) is 0.286. The van der Waals surface area contributed by atoms with Crippen molar-refractivity contribution in [2.24, 2.45) is 0 Å². The van der Waals surface area contributed by atoms with Crippen LogP contribution >= 0.6 is 0 Å². The molecule has 0 saturated carbocycles. The Bertz CT molecular complexity index is 807. The zero-order chi connectivity index (χ0) is 17.9. The van der Waals surface area contributed by atoms with Crippen LogP contribution in [0.5, 0.6) is 0 Å². The standard InChI is InChI=1S/C21H25N3O/c1-16(23-15-21(3,25)19-7-5-4-6-8-19)18-9-11-20(12-10-18)24-14-13-22-17(24)2/h4-14,16,23,25H,15H2,1-3H3. The molecular weight excluding hydrogens is 310 g/mol. The Morgan fingerprint density at radius 1 is 1.12 bits per heavy atom. The van der Waals surface area contributed by atoms with E-state index in [4.69, 9.17) is 0 Å². The van der Waals surface area contributed by atoms with Crippen molar-refractivity contribution < 1.29 is 5.11 Å². The average molecular weight is 335 g/mol. The molecule has 0 fully saturated rings. The summed E-state index contributed by atoms with van der Waals surface area (Å²) in [5.41, 5.74) is 2.30. The van der Waals surface area contributed by atoms with Crippen LogP contribution in [0, 0.1) is 6.92 Å². The van der Waals surface area contributed by atoms with Crippen molar-refractivity contribution in [1.82, 2.24) is 14.9 Å². The topological polar surface area (TPSA) is 50.1 Å². The van der Waals surface area contributed by atoms with E-state index in [-0.39, 0.29) is 6.04 Å². The van der Waals surface area contributed by atoms with E-state index in [1.54, 1.807) is 6.20 Å². The highest BCUT2D eigenvalue weighted by Crippen LogP contribution is 2.22. The van der Waals surface area contributed by atoms with Gasteiger partial charge in [0.1, 0.15) is 5.82 Å². The predicted octanol–water partition coefficient (Wildman–Crippen LogP) is 3.74. The Kier molecular flexibility index (Phi) is 5.02. The molecule has 2 atom stereocenters. The molecule has 130 valence electrons. The molecule has 4 heteroatoms. The van der Waals surface area contributed by atoms with Gasteiger partial charge in [-0.05, 0) is 44.0 Å². The summed E-state index contributed by atoms with van der Waals surface area (Å²) in [6.07, 6.45) is 3.77. The Morgan fingerprint density at radius 2 is 1.80 bits per heavy atom. The van der Waals surface area contributed by atoms with Gasteiger partial charge in [0.05, 0.1) is 5.60 Å². The fourth-order valence-corrected chi connectivity index (χ4v) is 2.94. The fourth-order valence-electron chi connectivity index (χ4n) is 2.94. The van der Waals surface area contributed by atoms with Crippen molar-refractivity contribution in [2.45, 2.75) is 32.4 Å². The number of benzene rings is 2. The third-order valence-corrected chi connectivity index (χ3v) is 4.65. The maximum absolute atomic E-state index is 10.7. The minimum Gasteiger partial charge on any atom is -0.384 e. The largest absolute Gasteiger partial charge is 0.384 e. The first-order chi connectivity index (χ1) is 12.0. The Hall–Kier alpha value is -2.43. The van der Waals surface area contributed by atoms with E-state index in [0.29, 0.717) is 6.54 Å². The van der Waals surface area contributed by atoms with Gasteiger partial charge in [-0.3, -0.25) is 0 Å². The number of nitrogens with zero attached hydrogens (tertiary/aromatic N) is 2. The molecule has 1 heterocycles. The predicted molar refractivity (Wildman–Crippen MR) is 101 cm³/mol. The van der Waals surface area contributed by atoms with Gasteiger partial charge in [0, 0.05) is 30.7 Å². The first-order valence-corrected chi connectivity index (χ1v) is 8.59. The van der Waals surface area contributed by atoms with Gasteiger partial charge >= 0.3 is 0 Å². The summed E-state index contributed by atoms with van der Waals surface area (Å²) in [4.78, 5) is 4.26. The Balaban J connectivity index is 1.65. The second-order valence-electron chi connectivity index (χ2n) is 6.68. The molecule has 0 aliphatic heterocycles. The zero-order valence-electron chi connectivity index (χ0n) is 15.0. The number of aromatic nitrogens is 2. The number of nitrogens with one attached hydrogen (secondary N) is 1. The lowest BCUT2D eigenvalue weighted by Crippen LogP contribution is -2.36. The molecule has 25 heavy (non-hydrogen) atoms. The third-order valence-electron chi connectivity index (χ3n) is 4.65. The lowest BCUT2D eigenvalue weighted by Gasteiger charge is -2.26. The van der Waals surface area contributed by atoms with Crippen LogP contribution in [0.2, 0.25) is 0 Å². The van der Waals surface area contributed by atoms with E-state index in [9.17, 15) is 5.11 Å². The van der Waals surface area contributed by atoms with Crippen LogP contribution in [0.25, 0.3) is 5.69 Å². The summed E-state index contributed by atoms with van der Waals surface area (Å²) in [5, 5.41) is 14.1. The average Bonchev–Trinajstić information content (AvgIpc) is 3.06. The van der Waals surface area contributed by atoms with E-state index in [1.807, 2.05) is 50.4 Å². The van der Waals surface area contributed by atoms with Crippen LogP contribution in [0.3, 0.4) is 0 Å². The summed E-state index contributed by atoms with van der Waals surface area (Å²) in [6.45, 7) is 6.43. The second-order valence-corrected chi connectivity index (χ2v) is 6.68. The Morgan fingerprint density at radius 3 is 2.40 bits per heavy atom. The van der Waals surface area contributed by atoms with Crippen LogP contribution < -0.4 is 5.32 Å². The number of hydrogen-bond donors (Lipinski definition) is 2. The molecule has 0 aliphatic carbocycles. The minimum atomic E-state index is -0.899. The van der Waals surface area contributed by atoms with Crippen molar-refractivity contribution >= 4 is 0 Å². The number of rotatable bonds is 6. The van der Waals surface area contributed by atoms with Gasteiger partial charge in [0.25, 0.3) is 0 Å². The highest BCUT2D eigenvalue weighted by molar-refractivity contribution is 5.36. The summed E-state index contributed by atoms with van der Waals surface area (Å²) < 4.78 is 2.06. The first kappa shape index (κ1) is 17.4. The van der Waals surface area contributed by atoms with Gasteiger partial charge < -0.3 is 15.0 Å². The lowest BCUT2D eigenvalue weighted by molar-refractivity contribution is 0.0543. The van der Waals surface area contributed by atoms with Crippen LogP contribution in [0.1, 0.15) is 36.8 Å². The number of hydrogen-bond acceptors (Lipinski definition) is 3. The minimum absolute atomic E-state index is 0.146. The SMILES string of the molecule is Cc1nccn1-c1ccc(C(C)NCC(C)(O)c2ccccc2)cc1. The highest BCUT2D eigenvalue weighted by atomic mass is 16.3. The molecule has 0 bridgehead atoms. The number of aliphatic hydroxyl groups is 1. The molecule has 0 saturated heterocycles. The quantitative estimate of drug-likeness (QED) is 0.721. The Labute approximate surface area is 149 Å². The van der Waals surface area contributed by atoms with Crippen LogP contribution in [0.4, 0.5) is 0 Å². The van der Waals surface area contributed by atoms with Gasteiger partial charge in [-0.1, -0.05) is 42.5 Å². The second kappa shape index (κ2) is 7.21. The van der Waals surface area contributed by atoms with E-state index in [1.165, 1.54) is 5.56 Å².